The molecule has 0 aliphatic heterocycles. The second-order valence-corrected chi connectivity index (χ2v) is 8.82. The minimum atomic E-state index is -4.44. The smallest absolute Gasteiger partial charge is 0.368 e. The Morgan fingerprint density at radius 1 is 1.18 bits per heavy atom. The summed E-state index contributed by atoms with van der Waals surface area (Å²) in [6, 6.07) is 1.80. The van der Waals surface area contributed by atoms with E-state index in [2.05, 4.69) is 41.2 Å². The van der Waals surface area contributed by atoms with Gasteiger partial charge in [-0.25, -0.2) is 15.0 Å². The number of H-pyrrole nitrogens is 1. The Balaban J connectivity index is 1.72. The summed E-state index contributed by atoms with van der Waals surface area (Å²) in [6.45, 7) is 0. The van der Waals surface area contributed by atoms with Crippen molar-refractivity contribution in [1.82, 2.24) is 19.9 Å². The van der Waals surface area contributed by atoms with Crippen LogP contribution in [0.5, 0.6) is 0 Å². The molecule has 0 saturated heterocycles. The summed E-state index contributed by atoms with van der Waals surface area (Å²) in [7, 11) is 0. The molecule has 33 heavy (non-hydrogen) atoms. The number of benzene rings is 1. The molecule has 1 fully saturated rings. The predicted octanol–water partition coefficient (Wildman–Crippen LogP) is 4.37. The van der Waals surface area contributed by atoms with Gasteiger partial charge >= 0.3 is 6.18 Å². The van der Waals surface area contributed by atoms with Crippen LogP contribution in [0.3, 0.4) is 0 Å². The molecule has 1 atom stereocenters. The fraction of sp³-hybridized carbons (Fsp3) is 0.238. The van der Waals surface area contributed by atoms with Crippen LogP contribution in [-0.2, 0) is 0 Å². The molecule has 3 heterocycles. The zero-order valence-electron chi connectivity index (χ0n) is 16.9. The van der Waals surface area contributed by atoms with Crippen molar-refractivity contribution < 1.29 is 18.0 Å². The lowest BCUT2D eigenvalue weighted by Crippen LogP contribution is -2.38. The first-order chi connectivity index (χ1) is 15.6. The summed E-state index contributed by atoms with van der Waals surface area (Å²) in [5, 5.41) is 3.52. The highest BCUT2D eigenvalue weighted by atomic mass is 79.9. The van der Waals surface area contributed by atoms with Crippen molar-refractivity contribution in [2.24, 2.45) is 11.7 Å². The first-order valence-electron chi connectivity index (χ1n) is 9.98. The highest BCUT2D eigenvalue weighted by Crippen LogP contribution is 2.44. The van der Waals surface area contributed by atoms with E-state index in [9.17, 15) is 18.0 Å². The molecule has 8 nitrogen and oxygen atoms in total. The van der Waals surface area contributed by atoms with Gasteiger partial charge in [0.2, 0.25) is 5.95 Å². The van der Waals surface area contributed by atoms with E-state index in [1.807, 2.05) is 0 Å². The van der Waals surface area contributed by atoms with Crippen LogP contribution in [0.1, 0.15) is 23.2 Å². The van der Waals surface area contributed by atoms with Crippen molar-refractivity contribution in [3.63, 3.8) is 0 Å². The summed E-state index contributed by atoms with van der Waals surface area (Å²) in [6.07, 6.45) is 0.852. The van der Waals surface area contributed by atoms with Gasteiger partial charge in [-0.2, -0.15) is 13.2 Å². The van der Waals surface area contributed by atoms with E-state index in [0.717, 1.165) is 5.56 Å². The number of fused-ring (bicyclic) bond motifs is 3. The summed E-state index contributed by atoms with van der Waals surface area (Å²) in [5.74, 6) is -1.09. The molecular formula is C21H17BrF3N7O. The number of carbonyl (C=O) groups excluding carboxylic acids is 1. The number of primary amides is 1. The van der Waals surface area contributed by atoms with Gasteiger partial charge in [-0.1, -0.05) is 15.9 Å². The van der Waals surface area contributed by atoms with E-state index < -0.39 is 24.0 Å². The van der Waals surface area contributed by atoms with E-state index in [1.54, 1.807) is 24.5 Å². The third-order valence-electron chi connectivity index (χ3n) is 5.70. The molecule has 12 heteroatoms. The number of nitrogens with one attached hydrogen (secondary N) is 2. The molecule has 6 N–H and O–H groups in total. The number of nitrogens with zero attached hydrogens (tertiary/aromatic N) is 3. The maximum Gasteiger partial charge on any atom is 0.408 e. The zero-order valence-corrected chi connectivity index (χ0v) is 18.5. The maximum absolute atomic E-state index is 13.7. The van der Waals surface area contributed by atoms with E-state index in [1.165, 1.54) is 6.20 Å². The Bertz CT molecular complexity index is 1400. The number of carbonyl (C=O) groups is 1. The van der Waals surface area contributed by atoms with Crippen molar-refractivity contribution in [2.45, 2.75) is 25.1 Å². The van der Waals surface area contributed by atoms with Gasteiger partial charge in [0.05, 0.1) is 16.5 Å². The topological polar surface area (TPSA) is 136 Å². The van der Waals surface area contributed by atoms with Crippen LogP contribution in [0, 0.1) is 5.92 Å². The number of pyridine rings is 1. The van der Waals surface area contributed by atoms with E-state index >= 15 is 0 Å². The molecule has 1 aliphatic rings. The first-order valence-corrected chi connectivity index (χ1v) is 10.8. The minimum Gasteiger partial charge on any atom is -0.368 e. The summed E-state index contributed by atoms with van der Waals surface area (Å²) >= 11 is 3.52. The Hall–Kier alpha value is -3.41. The molecule has 1 amide bonds. The fourth-order valence-electron chi connectivity index (χ4n) is 3.96. The lowest BCUT2D eigenvalue weighted by molar-refractivity contribution is -0.146. The Labute approximate surface area is 193 Å². The molecule has 0 unspecified atom stereocenters. The highest BCUT2D eigenvalue weighted by Gasteiger charge is 2.49. The van der Waals surface area contributed by atoms with Crippen molar-refractivity contribution in [2.75, 3.05) is 11.1 Å². The zero-order chi connectivity index (χ0) is 23.5. The molecule has 0 spiro atoms. The largest absolute Gasteiger partial charge is 0.408 e. The number of aromatic nitrogens is 4. The van der Waals surface area contributed by atoms with Gasteiger partial charge in [0.15, 0.2) is 0 Å². The van der Waals surface area contributed by atoms with E-state index in [4.69, 9.17) is 11.5 Å². The normalized spacial score (nSPS) is 15.2. The summed E-state index contributed by atoms with van der Waals surface area (Å²) in [5.41, 5.74) is 13.4. The predicted molar refractivity (Wildman–Crippen MR) is 121 cm³/mol. The molecule has 4 aromatic rings. The van der Waals surface area contributed by atoms with Crippen LogP contribution in [0.15, 0.2) is 35.2 Å². The summed E-state index contributed by atoms with van der Waals surface area (Å²) in [4.78, 5) is 27.3. The fourth-order valence-corrected chi connectivity index (χ4v) is 4.53. The average molecular weight is 520 g/mol. The quantitative estimate of drug-likeness (QED) is 0.309. The van der Waals surface area contributed by atoms with Gasteiger partial charge in [-0.15, -0.1) is 0 Å². The number of rotatable bonds is 5. The molecule has 0 radical (unpaired) electrons. The standard InChI is InChI=1S/C21H17BrF3N7O/c22-13-3-11-14(4-10(13)9-5-29-20(27)30-6-9)31-16-12(18(26)33)7-28-19(15(11)16)32-17(8-1-2-8)21(23,24)25/h3-8,17,31H,1-2H2,(H2,26,33)(H,28,32)(H2,27,29,30)/t17-/m1/s1. The van der Waals surface area contributed by atoms with Gasteiger partial charge < -0.3 is 21.8 Å². The van der Waals surface area contributed by atoms with Gasteiger partial charge in [-0.05, 0) is 30.9 Å². The number of hydrogen-bond donors (Lipinski definition) is 4. The van der Waals surface area contributed by atoms with Crippen LogP contribution in [0.25, 0.3) is 32.9 Å². The molecule has 5 rings (SSSR count). The first kappa shape index (κ1) is 21.4. The number of halogens is 4. The number of hydrogen-bond acceptors (Lipinski definition) is 6. The van der Waals surface area contributed by atoms with Crippen LogP contribution in [-0.4, -0.2) is 38.1 Å². The van der Waals surface area contributed by atoms with E-state index in [0.29, 0.717) is 44.7 Å². The second-order valence-electron chi connectivity index (χ2n) is 7.97. The van der Waals surface area contributed by atoms with Crippen LogP contribution in [0.2, 0.25) is 0 Å². The number of aromatic amines is 1. The van der Waals surface area contributed by atoms with Crippen LogP contribution in [0.4, 0.5) is 24.9 Å². The molecule has 1 aromatic carbocycles. The summed E-state index contributed by atoms with van der Waals surface area (Å²) < 4.78 is 41.7. The Morgan fingerprint density at radius 3 is 2.48 bits per heavy atom. The molecular weight excluding hydrogens is 503 g/mol. The second kappa shape index (κ2) is 7.58. The van der Waals surface area contributed by atoms with Gasteiger partial charge in [0.1, 0.15) is 11.9 Å². The van der Waals surface area contributed by atoms with Gasteiger partial charge in [-0.3, -0.25) is 4.79 Å². The van der Waals surface area contributed by atoms with Crippen molar-refractivity contribution >= 4 is 55.4 Å². The van der Waals surface area contributed by atoms with Gasteiger partial charge in [0, 0.05) is 45.1 Å². The molecule has 170 valence electrons. The molecule has 1 saturated carbocycles. The third-order valence-corrected chi connectivity index (χ3v) is 6.36. The third kappa shape index (κ3) is 3.84. The highest BCUT2D eigenvalue weighted by molar-refractivity contribution is 9.10. The number of amides is 1. The molecule has 0 bridgehead atoms. The van der Waals surface area contributed by atoms with Crippen LogP contribution >= 0.6 is 15.9 Å². The van der Waals surface area contributed by atoms with Crippen molar-refractivity contribution in [3.8, 4) is 11.1 Å². The van der Waals surface area contributed by atoms with Crippen molar-refractivity contribution in [1.29, 1.82) is 0 Å². The van der Waals surface area contributed by atoms with Gasteiger partial charge in [0.25, 0.3) is 5.91 Å². The lowest BCUT2D eigenvalue weighted by Gasteiger charge is -2.22. The number of anilines is 2. The average Bonchev–Trinajstić information content (AvgIpc) is 3.51. The Kier molecular flexibility index (Phi) is 4.92. The number of alkyl halides is 3. The maximum atomic E-state index is 13.7. The molecule has 3 aromatic heterocycles. The minimum absolute atomic E-state index is 0.0333. The Morgan fingerprint density at radius 2 is 1.88 bits per heavy atom. The van der Waals surface area contributed by atoms with E-state index in [-0.39, 0.29) is 17.3 Å². The lowest BCUT2D eigenvalue weighted by atomic mass is 10.0. The monoisotopic (exact) mass is 519 g/mol. The number of nitrogens with two attached hydrogens (primary N) is 2. The van der Waals surface area contributed by atoms with Crippen LogP contribution < -0.4 is 16.8 Å². The SMILES string of the molecule is NC(=O)c1cnc(N[C@H](C2CC2)C(F)(F)F)c2c1[nH]c1cc(-c3cnc(N)nc3)c(Br)cc12. The van der Waals surface area contributed by atoms with Crippen molar-refractivity contribution in [3.05, 3.63) is 40.8 Å². The number of nitrogen functional groups attached to an aromatic ring is 1. The molecule has 1 aliphatic carbocycles.